The molecule has 1 saturated heterocycles. The molecular formula is C16H23NO2S. The molecule has 2 aliphatic rings. The summed E-state index contributed by atoms with van der Waals surface area (Å²) in [7, 11) is 0. The number of thiophene rings is 1. The number of likely N-dealkylation sites (tertiary alicyclic amines) is 1. The largest absolute Gasteiger partial charge is 0.480 e. The van der Waals surface area contributed by atoms with E-state index in [2.05, 4.69) is 24.0 Å². The molecule has 3 atom stereocenters. The molecule has 2 heterocycles. The average molecular weight is 293 g/mol. The fourth-order valence-corrected chi connectivity index (χ4v) is 4.87. The fourth-order valence-electron chi connectivity index (χ4n) is 3.90. The second kappa shape index (κ2) is 5.86. The topological polar surface area (TPSA) is 40.5 Å². The van der Waals surface area contributed by atoms with E-state index in [0.29, 0.717) is 12.0 Å². The third-order valence-corrected chi connectivity index (χ3v) is 6.12. The SMILES string of the molecule is CCc1ccc(CN2C(C(=O)O)CC3CCCCC32)s1. The Balaban J connectivity index is 1.78. The first-order valence-corrected chi connectivity index (χ1v) is 8.57. The predicted molar refractivity (Wildman–Crippen MR) is 81.0 cm³/mol. The molecule has 110 valence electrons. The first-order chi connectivity index (χ1) is 9.69. The van der Waals surface area contributed by atoms with E-state index < -0.39 is 5.97 Å². The molecule has 3 rings (SSSR count). The second-order valence-electron chi connectivity index (χ2n) is 6.10. The second-order valence-corrected chi connectivity index (χ2v) is 7.35. The number of carboxylic acid groups (broad SMARTS) is 1. The Kier molecular flexibility index (Phi) is 4.13. The van der Waals surface area contributed by atoms with E-state index in [1.165, 1.54) is 35.4 Å². The fraction of sp³-hybridized carbons (Fsp3) is 0.688. The highest BCUT2D eigenvalue weighted by atomic mass is 32.1. The predicted octanol–water partition coefficient (Wildman–Crippen LogP) is 3.53. The van der Waals surface area contributed by atoms with Crippen molar-refractivity contribution in [1.82, 2.24) is 4.90 Å². The van der Waals surface area contributed by atoms with Crippen LogP contribution < -0.4 is 0 Å². The molecule has 1 aromatic rings. The highest BCUT2D eigenvalue weighted by Crippen LogP contribution is 2.41. The number of aryl methyl sites for hydroxylation is 1. The number of nitrogens with zero attached hydrogens (tertiary/aromatic N) is 1. The quantitative estimate of drug-likeness (QED) is 0.923. The van der Waals surface area contributed by atoms with E-state index >= 15 is 0 Å². The van der Waals surface area contributed by atoms with Gasteiger partial charge in [-0.15, -0.1) is 11.3 Å². The van der Waals surface area contributed by atoms with Crippen molar-refractivity contribution in [2.75, 3.05) is 0 Å². The molecule has 0 radical (unpaired) electrons. The van der Waals surface area contributed by atoms with Gasteiger partial charge in [-0.1, -0.05) is 19.8 Å². The summed E-state index contributed by atoms with van der Waals surface area (Å²) in [6.07, 6.45) is 6.86. The van der Waals surface area contributed by atoms with Gasteiger partial charge in [0, 0.05) is 22.3 Å². The molecule has 3 nitrogen and oxygen atoms in total. The standard InChI is InChI=1S/C16H23NO2S/c1-2-12-7-8-13(20-12)10-17-14-6-4-3-5-11(14)9-15(17)16(18)19/h7-8,11,14-15H,2-6,9-10H2,1H3,(H,18,19). The van der Waals surface area contributed by atoms with Gasteiger partial charge in [0.25, 0.3) is 0 Å². The summed E-state index contributed by atoms with van der Waals surface area (Å²) in [5.41, 5.74) is 0. The van der Waals surface area contributed by atoms with Crippen LogP contribution in [0.1, 0.15) is 48.8 Å². The lowest BCUT2D eigenvalue weighted by Gasteiger charge is -2.32. The molecule has 1 aliphatic carbocycles. The number of rotatable bonds is 4. The van der Waals surface area contributed by atoms with E-state index in [0.717, 1.165) is 19.4 Å². The Morgan fingerprint density at radius 1 is 1.35 bits per heavy atom. The number of aliphatic carboxylic acids is 1. The molecule has 1 N–H and O–H groups in total. The van der Waals surface area contributed by atoms with Crippen LogP contribution in [0.2, 0.25) is 0 Å². The zero-order valence-corrected chi connectivity index (χ0v) is 12.9. The molecule has 0 bridgehead atoms. The van der Waals surface area contributed by atoms with Crippen molar-refractivity contribution in [2.24, 2.45) is 5.92 Å². The number of carboxylic acids is 1. The van der Waals surface area contributed by atoms with Crippen LogP contribution in [0.5, 0.6) is 0 Å². The Morgan fingerprint density at radius 3 is 2.80 bits per heavy atom. The van der Waals surface area contributed by atoms with Crippen LogP contribution in [0.4, 0.5) is 0 Å². The van der Waals surface area contributed by atoms with Crippen LogP contribution in [0, 0.1) is 5.92 Å². The van der Waals surface area contributed by atoms with Gasteiger partial charge in [0.1, 0.15) is 6.04 Å². The molecule has 1 aromatic heterocycles. The number of fused-ring (bicyclic) bond motifs is 1. The van der Waals surface area contributed by atoms with Gasteiger partial charge in [-0.2, -0.15) is 0 Å². The highest BCUT2D eigenvalue weighted by molar-refractivity contribution is 7.11. The monoisotopic (exact) mass is 293 g/mol. The van der Waals surface area contributed by atoms with Crippen LogP contribution in [0.15, 0.2) is 12.1 Å². The van der Waals surface area contributed by atoms with Gasteiger partial charge in [-0.05, 0) is 43.7 Å². The molecule has 4 heteroatoms. The van der Waals surface area contributed by atoms with E-state index in [-0.39, 0.29) is 6.04 Å². The molecule has 1 saturated carbocycles. The zero-order chi connectivity index (χ0) is 14.1. The Labute approximate surface area is 124 Å². The van der Waals surface area contributed by atoms with Gasteiger partial charge < -0.3 is 5.11 Å². The Bertz CT molecular complexity index is 485. The molecule has 0 spiro atoms. The van der Waals surface area contributed by atoms with Crippen LogP contribution in [-0.2, 0) is 17.8 Å². The summed E-state index contributed by atoms with van der Waals surface area (Å²) in [6, 6.07) is 4.59. The van der Waals surface area contributed by atoms with Gasteiger partial charge >= 0.3 is 5.97 Å². The minimum Gasteiger partial charge on any atom is -0.480 e. The van der Waals surface area contributed by atoms with Gasteiger partial charge in [0.05, 0.1) is 0 Å². The maximum atomic E-state index is 11.6. The first kappa shape index (κ1) is 14.1. The van der Waals surface area contributed by atoms with E-state index in [9.17, 15) is 9.90 Å². The molecule has 1 aliphatic heterocycles. The minimum absolute atomic E-state index is 0.268. The van der Waals surface area contributed by atoms with Crippen molar-refractivity contribution < 1.29 is 9.90 Å². The average Bonchev–Trinajstić information content (AvgIpc) is 3.04. The van der Waals surface area contributed by atoms with E-state index in [4.69, 9.17) is 0 Å². The Morgan fingerprint density at radius 2 is 2.10 bits per heavy atom. The van der Waals surface area contributed by atoms with Gasteiger partial charge in [0.15, 0.2) is 0 Å². The van der Waals surface area contributed by atoms with Gasteiger partial charge in [-0.25, -0.2) is 0 Å². The van der Waals surface area contributed by atoms with E-state index in [1.54, 1.807) is 0 Å². The van der Waals surface area contributed by atoms with Crippen molar-refractivity contribution >= 4 is 17.3 Å². The number of carbonyl (C=O) groups is 1. The van der Waals surface area contributed by atoms with Crippen LogP contribution in [0.25, 0.3) is 0 Å². The molecule has 2 fully saturated rings. The normalized spacial score (nSPS) is 30.4. The summed E-state index contributed by atoms with van der Waals surface area (Å²) >= 11 is 1.84. The summed E-state index contributed by atoms with van der Waals surface area (Å²) in [5, 5.41) is 9.52. The van der Waals surface area contributed by atoms with Gasteiger partial charge in [0.2, 0.25) is 0 Å². The summed E-state index contributed by atoms with van der Waals surface area (Å²) in [6.45, 7) is 2.99. The molecule has 0 aromatic carbocycles. The third kappa shape index (κ3) is 2.63. The lowest BCUT2D eigenvalue weighted by molar-refractivity contribution is -0.142. The first-order valence-electron chi connectivity index (χ1n) is 7.75. The summed E-state index contributed by atoms with van der Waals surface area (Å²) in [5.74, 6) is -0.0258. The van der Waals surface area contributed by atoms with Crippen molar-refractivity contribution in [3.05, 3.63) is 21.9 Å². The van der Waals surface area contributed by atoms with Crippen LogP contribution in [0.3, 0.4) is 0 Å². The number of hydrogen-bond donors (Lipinski definition) is 1. The molecule has 0 amide bonds. The summed E-state index contributed by atoms with van der Waals surface area (Å²) in [4.78, 5) is 16.6. The third-order valence-electron chi connectivity index (χ3n) is 4.91. The molecule has 3 unspecified atom stereocenters. The van der Waals surface area contributed by atoms with Crippen molar-refractivity contribution in [2.45, 2.75) is 64.1 Å². The van der Waals surface area contributed by atoms with Crippen LogP contribution >= 0.6 is 11.3 Å². The van der Waals surface area contributed by atoms with E-state index in [1.807, 2.05) is 11.3 Å². The maximum Gasteiger partial charge on any atom is 0.320 e. The number of hydrogen-bond acceptors (Lipinski definition) is 3. The summed E-state index contributed by atoms with van der Waals surface area (Å²) < 4.78 is 0. The smallest absolute Gasteiger partial charge is 0.320 e. The van der Waals surface area contributed by atoms with Gasteiger partial charge in [-0.3, -0.25) is 9.69 Å². The Hall–Kier alpha value is -0.870. The lowest BCUT2D eigenvalue weighted by Crippen LogP contribution is -2.41. The minimum atomic E-state index is -0.633. The lowest BCUT2D eigenvalue weighted by atomic mass is 9.85. The molecule has 20 heavy (non-hydrogen) atoms. The zero-order valence-electron chi connectivity index (χ0n) is 12.0. The maximum absolute atomic E-state index is 11.6. The van der Waals surface area contributed by atoms with Crippen molar-refractivity contribution in [1.29, 1.82) is 0 Å². The molecular weight excluding hydrogens is 270 g/mol. The van der Waals surface area contributed by atoms with Crippen LogP contribution in [-0.4, -0.2) is 28.1 Å². The van der Waals surface area contributed by atoms with Crippen molar-refractivity contribution in [3.63, 3.8) is 0 Å². The highest BCUT2D eigenvalue weighted by Gasteiger charge is 2.45. The van der Waals surface area contributed by atoms with Crippen molar-refractivity contribution in [3.8, 4) is 0 Å².